The van der Waals surface area contributed by atoms with Crippen molar-refractivity contribution in [1.82, 2.24) is 9.78 Å². The van der Waals surface area contributed by atoms with E-state index in [1.807, 2.05) is 11.6 Å². The van der Waals surface area contributed by atoms with Crippen LogP contribution < -0.4 is 5.73 Å². The largest absolute Gasteiger partial charge is 0.329 e. The summed E-state index contributed by atoms with van der Waals surface area (Å²) in [5, 5.41) is 4.44. The number of nitrogens with zero attached hydrogens (tertiary/aromatic N) is 2. The molecule has 0 aliphatic carbocycles. The van der Waals surface area contributed by atoms with Crippen LogP contribution in [0.3, 0.4) is 0 Å². The Hall–Kier alpha value is -1.61. The molecule has 1 aromatic carbocycles. The Labute approximate surface area is 95.9 Å². The number of benzene rings is 1. The van der Waals surface area contributed by atoms with Crippen LogP contribution in [0.5, 0.6) is 0 Å². The zero-order valence-corrected chi connectivity index (χ0v) is 9.77. The van der Waals surface area contributed by atoms with Crippen LogP contribution in [0, 0.1) is 13.8 Å². The smallest absolute Gasteiger partial charge is 0.0672 e. The second-order valence-electron chi connectivity index (χ2n) is 4.05. The highest BCUT2D eigenvalue weighted by Crippen LogP contribution is 2.22. The average Bonchev–Trinajstić information content (AvgIpc) is 2.61. The van der Waals surface area contributed by atoms with Gasteiger partial charge in [0.05, 0.1) is 12.2 Å². The molecular weight excluding hydrogens is 198 g/mol. The minimum atomic E-state index is 0.620. The van der Waals surface area contributed by atoms with Crippen LogP contribution in [-0.4, -0.2) is 16.3 Å². The van der Waals surface area contributed by atoms with Gasteiger partial charge in [-0.25, -0.2) is 0 Å². The molecule has 2 aromatic rings. The van der Waals surface area contributed by atoms with Gasteiger partial charge in [0, 0.05) is 18.3 Å². The maximum absolute atomic E-state index is 5.52. The van der Waals surface area contributed by atoms with Crippen LogP contribution in [-0.2, 0) is 6.54 Å². The van der Waals surface area contributed by atoms with Crippen molar-refractivity contribution in [1.29, 1.82) is 0 Å². The van der Waals surface area contributed by atoms with Crippen molar-refractivity contribution in [2.45, 2.75) is 20.4 Å². The number of nitrogens with two attached hydrogens (primary N) is 1. The first-order chi connectivity index (χ1) is 7.70. The lowest BCUT2D eigenvalue weighted by molar-refractivity contribution is 0.620. The lowest BCUT2D eigenvalue weighted by Crippen LogP contribution is -2.10. The Bertz CT molecular complexity index is 468. The van der Waals surface area contributed by atoms with Crippen LogP contribution in [0.15, 0.2) is 30.5 Å². The third-order valence-electron chi connectivity index (χ3n) is 2.67. The molecular formula is C13H17N3. The first-order valence-electron chi connectivity index (χ1n) is 5.52. The molecule has 0 saturated carbocycles. The minimum Gasteiger partial charge on any atom is -0.329 e. The van der Waals surface area contributed by atoms with Gasteiger partial charge in [0.15, 0.2) is 0 Å². The molecule has 0 unspecified atom stereocenters. The summed E-state index contributed by atoms with van der Waals surface area (Å²) in [6.07, 6.45) is 2.06. The Morgan fingerprint density at radius 1 is 1.19 bits per heavy atom. The van der Waals surface area contributed by atoms with Crippen molar-refractivity contribution in [2.75, 3.05) is 6.54 Å². The number of hydrogen-bond donors (Lipinski definition) is 1. The highest BCUT2D eigenvalue weighted by Gasteiger charge is 2.06. The van der Waals surface area contributed by atoms with Gasteiger partial charge >= 0.3 is 0 Å². The van der Waals surface area contributed by atoms with E-state index in [0.717, 1.165) is 12.2 Å². The van der Waals surface area contributed by atoms with Gasteiger partial charge in [-0.05, 0) is 19.4 Å². The van der Waals surface area contributed by atoms with E-state index in [4.69, 9.17) is 5.73 Å². The van der Waals surface area contributed by atoms with E-state index in [1.165, 1.54) is 16.7 Å². The molecule has 0 amide bonds. The van der Waals surface area contributed by atoms with Crippen molar-refractivity contribution >= 4 is 0 Å². The number of aromatic nitrogens is 2. The number of aryl methyl sites for hydroxylation is 2. The van der Waals surface area contributed by atoms with Crippen molar-refractivity contribution in [3.63, 3.8) is 0 Å². The van der Waals surface area contributed by atoms with Gasteiger partial charge in [0.1, 0.15) is 0 Å². The summed E-state index contributed by atoms with van der Waals surface area (Å²) in [5.41, 5.74) is 10.2. The normalized spacial score (nSPS) is 10.7. The van der Waals surface area contributed by atoms with Gasteiger partial charge < -0.3 is 5.73 Å². The van der Waals surface area contributed by atoms with Crippen LogP contribution in [0.25, 0.3) is 11.1 Å². The monoisotopic (exact) mass is 215 g/mol. The molecule has 16 heavy (non-hydrogen) atoms. The summed E-state index contributed by atoms with van der Waals surface area (Å²) in [7, 11) is 0. The SMILES string of the molecule is Cc1ccc(-c2cn(CCN)nc2C)cc1. The lowest BCUT2D eigenvalue weighted by atomic mass is 10.1. The van der Waals surface area contributed by atoms with Crippen molar-refractivity contribution in [2.24, 2.45) is 5.73 Å². The Morgan fingerprint density at radius 2 is 1.88 bits per heavy atom. The van der Waals surface area contributed by atoms with Gasteiger partial charge in [-0.15, -0.1) is 0 Å². The van der Waals surface area contributed by atoms with Crippen LogP contribution in [0.4, 0.5) is 0 Å². The molecule has 0 aliphatic heterocycles. The van der Waals surface area contributed by atoms with Crippen LogP contribution >= 0.6 is 0 Å². The molecule has 2 rings (SSSR count). The Morgan fingerprint density at radius 3 is 2.50 bits per heavy atom. The van der Waals surface area contributed by atoms with E-state index in [0.29, 0.717) is 6.54 Å². The first kappa shape index (κ1) is 10.9. The van der Waals surface area contributed by atoms with E-state index in [2.05, 4.69) is 42.5 Å². The summed E-state index contributed by atoms with van der Waals surface area (Å²) < 4.78 is 1.91. The fourth-order valence-corrected chi connectivity index (χ4v) is 1.78. The molecule has 1 heterocycles. The zero-order chi connectivity index (χ0) is 11.5. The number of rotatable bonds is 3. The maximum Gasteiger partial charge on any atom is 0.0672 e. The standard InChI is InChI=1S/C13H17N3/c1-10-3-5-12(6-4-10)13-9-16(8-7-14)15-11(13)2/h3-6,9H,7-8,14H2,1-2H3. The predicted octanol–water partition coefficient (Wildman–Crippen LogP) is 2.13. The molecule has 0 atom stereocenters. The highest BCUT2D eigenvalue weighted by atomic mass is 15.3. The molecule has 2 N–H and O–H groups in total. The van der Waals surface area contributed by atoms with Crippen LogP contribution in [0.1, 0.15) is 11.3 Å². The topological polar surface area (TPSA) is 43.8 Å². The molecule has 0 fully saturated rings. The van der Waals surface area contributed by atoms with Gasteiger partial charge in [-0.2, -0.15) is 5.10 Å². The average molecular weight is 215 g/mol. The molecule has 3 nitrogen and oxygen atoms in total. The molecule has 84 valence electrons. The van der Waals surface area contributed by atoms with E-state index in [-0.39, 0.29) is 0 Å². The van der Waals surface area contributed by atoms with Gasteiger partial charge in [0.2, 0.25) is 0 Å². The Kier molecular flexibility index (Phi) is 3.06. The molecule has 0 bridgehead atoms. The van der Waals surface area contributed by atoms with E-state index in [9.17, 15) is 0 Å². The predicted molar refractivity (Wildman–Crippen MR) is 66.2 cm³/mol. The fourth-order valence-electron chi connectivity index (χ4n) is 1.78. The molecule has 0 radical (unpaired) electrons. The van der Waals surface area contributed by atoms with E-state index in [1.54, 1.807) is 0 Å². The summed E-state index contributed by atoms with van der Waals surface area (Å²) in [6.45, 7) is 5.51. The molecule has 0 aliphatic rings. The third-order valence-corrected chi connectivity index (χ3v) is 2.67. The Balaban J connectivity index is 2.36. The second kappa shape index (κ2) is 4.49. The zero-order valence-electron chi connectivity index (χ0n) is 9.77. The minimum absolute atomic E-state index is 0.620. The summed E-state index contributed by atoms with van der Waals surface area (Å²) in [5.74, 6) is 0. The molecule has 0 saturated heterocycles. The summed E-state index contributed by atoms with van der Waals surface area (Å²) >= 11 is 0. The van der Waals surface area contributed by atoms with Crippen molar-refractivity contribution in [3.05, 3.63) is 41.7 Å². The van der Waals surface area contributed by atoms with E-state index < -0.39 is 0 Å². The fraction of sp³-hybridized carbons (Fsp3) is 0.308. The molecule has 0 spiro atoms. The number of hydrogen-bond acceptors (Lipinski definition) is 2. The van der Waals surface area contributed by atoms with Crippen molar-refractivity contribution in [3.8, 4) is 11.1 Å². The first-order valence-corrected chi connectivity index (χ1v) is 5.52. The molecule has 3 heteroatoms. The quantitative estimate of drug-likeness (QED) is 0.852. The van der Waals surface area contributed by atoms with Crippen LogP contribution in [0.2, 0.25) is 0 Å². The molecule has 1 aromatic heterocycles. The maximum atomic E-state index is 5.52. The third kappa shape index (κ3) is 2.14. The van der Waals surface area contributed by atoms with Gasteiger partial charge in [-0.1, -0.05) is 29.8 Å². The van der Waals surface area contributed by atoms with E-state index >= 15 is 0 Å². The van der Waals surface area contributed by atoms with Crippen molar-refractivity contribution < 1.29 is 0 Å². The second-order valence-corrected chi connectivity index (χ2v) is 4.05. The van der Waals surface area contributed by atoms with Gasteiger partial charge in [0.25, 0.3) is 0 Å². The highest BCUT2D eigenvalue weighted by molar-refractivity contribution is 5.65. The summed E-state index contributed by atoms with van der Waals surface area (Å²) in [4.78, 5) is 0. The summed E-state index contributed by atoms with van der Waals surface area (Å²) in [6, 6.07) is 8.50. The lowest BCUT2D eigenvalue weighted by Gasteiger charge is -1.99. The van der Waals surface area contributed by atoms with Gasteiger partial charge in [-0.3, -0.25) is 4.68 Å².